The van der Waals surface area contributed by atoms with E-state index in [2.05, 4.69) is 16.0 Å². The SMILES string of the molecule is Cc1cc(C)c(C)c(Oc2cnc(C(=N)N)cn2)c1. The second kappa shape index (κ2) is 5.06. The first-order valence-electron chi connectivity index (χ1n) is 5.89. The number of benzene rings is 1. The highest BCUT2D eigenvalue weighted by atomic mass is 16.5. The molecule has 5 nitrogen and oxygen atoms in total. The summed E-state index contributed by atoms with van der Waals surface area (Å²) in [6.45, 7) is 6.06. The van der Waals surface area contributed by atoms with Gasteiger partial charge in [-0.2, -0.15) is 0 Å². The van der Waals surface area contributed by atoms with Gasteiger partial charge >= 0.3 is 0 Å². The fraction of sp³-hybridized carbons (Fsp3) is 0.214. The van der Waals surface area contributed by atoms with Crippen molar-refractivity contribution in [2.75, 3.05) is 0 Å². The van der Waals surface area contributed by atoms with Gasteiger partial charge in [0.15, 0.2) is 0 Å². The molecule has 0 aliphatic rings. The van der Waals surface area contributed by atoms with Crippen molar-refractivity contribution in [3.63, 3.8) is 0 Å². The summed E-state index contributed by atoms with van der Waals surface area (Å²) >= 11 is 0. The zero-order valence-electron chi connectivity index (χ0n) is 11.2. The predicted octanol–water partition coefficient (Wildman–Crippen LogP) is 2.48. The van der Waals surface area contributed by atoms with Crippen LogP contribution >= 0.6 is 0 Å². The van der Waals surface area contributed by atoms with Crippen LogP contribution in [0.4, 0.5) is 0 Å². The van der Waals surface area contributed by atoms with Crippen LogP contribution in [0.15, 0.2) is 24.5 Å². The van der Waals surface area contributed by atoms with Gasteiger partial charge in [0.25, 0.3) is 0 Å². The van der Waals surface area contributed by atoms with Gasteiger partial charge in [0.2, 0.25) is 5.88 Å². The van der Waals surface area contributed by atoms with Crippen molar-refractivity contribution in [3.8, 4) is 11.6 Å². The lowest BCUT2D eigenvalue weighted by atomic mass is 10.1. The highest BCUT2D eigenvalue weighted by molar-refractivity contribution is 5.92. The lowest BCUT2D eigenvalue weighted by Gasteiger charge is -2.11. The van der Waals surface area contributed by atoms with Crippen LogP contribution in [0, 0.1) is 26.2 Å². The van der Waals surface area contributed by atoms with Crippen LogP contribution in [0.5, 0.6) is 11.6 Å². The van der Waals surface area contributed by atoms with E-state index < -0.39 is 0 Å². The molecule has 1 aromatic heterocycles. The number of hydrogen-bond acceptors (Lipinski definition) is 4. The van der Waals surface area contributed by atoms with E-state index in [-0.39, 0.29) is 5.84 Å². The summed E-state index contributed by atoms with van der Waals surface area (Å²) < 4.78 is 5.72. The first kappa shape index (κ1) is 13.0. The van der Waals surface area contributed by atoms with Crippen molar-refractivity contribution in [2.24, 2.45) is 5.73 Å². The zero-order chi connectivity index (χ0) is 14.0. The fourth-order valence-corrected chi connectivity index (χ4v) is 1.73. The Hall–Kier alpha value is -2.43. The van der Waals surface area contributed by atoms with E-state index in [9.17, 15) is 0 Å². The van der Waals surface area contributed by atoms with E-state index in [0.717, 1.165) is 16.9 Å². The topological polar surface area (TPSA) is 84.9 Å². The molecule has 0 saturated carbocycles. The fourth-order valence-electron chi connectivity index (χ4n) is 1.73. The minimum Gasteiger partial charge on any atom is -0.437 e. The van der Waals surface area contributed by atoms with E-state index in [1.807, 2.05) is 26.8 Å². The Labute approximate surface area is 112 Å². The summed E-state index contributed by atoms with van der Waals surface area (Å²) in [5.74, 6) is 1.04. The van der Waals surface area contributed by atoms with Crippen molar-refractivity contribution in [1.29, 1.82) is 5.41 Å². The molecule has 1 aromatic carbocycles. The number of hydrogen-bond donors (Lipinski definition) is 2. The highest BCUT2D eigenvalue weighted by Gasteiger charge is 2.07. The molecule has 5 heteroatoms. The number of nitrogens with zero attached hydrogens (tertiary/aromatic N) is 2. The summed E-state index contributed by atoms with van der Waals surface area (Å²) in [4.78, 5) is 8.10. The van der Waals surface area contributed by atoms with Crippen molar-refractivity contribution < 1.29 is 4.74 Å². The monoisotopic (exact) mass is 256 g/mol. The molecule has 0 amide bonds. The largest absolute Gasteiger partial charge is 0.437 e. The standard InChI is InChI=1S/C14H16N4O/c1-8-4-9(2)10(3)12(5-8)19-13-7-17-11(6-18-13)14(15)16/h4-7H,1-3H3,(H3,15,16). The molecule has 2 aromatic rings. The van der Waals surface area contributed by atoms with Crippen LogP contribution in [-0.2, 0) is 0 Å². The quantitative estimate of drug-likeness (QED) is 0.652. The van der Waals surface area contributed by atoms with Crippen LogP contribution in [0.1, 0.15) is 22.4 Å². The Morgan fingerprint density at radius 3 is 2.47 bits per heavy atom. The van der Waals surface area contributed by atoms with Crippen LogP contribution in [0.2, 0.25) is 0 Å². The average Bonchev–Trinajstić information content (AvgIpc) is 2.36. The summed E-state index contributed by atoms with van der Waals surface area (Å²) in [6, 6.07) is 4.07. The summed E-state index contributed by atoms with van der Waals surface area (Å²) in [5, 5.41) is 7.25. The Morgan fingerprint density at radius 1 is 1.16 bits per heavy atom. The highest BCUT2D eigenvalue weighted by Crippen LogP contribution is 2.27. The Balaban J connectivity index is 2.28. The van der Waals surface area contributed by atoms with Gasteiger partial charge in [-0.1, -0.05) is 6.07 Å². The van der Waals surface area contributed by atoms with Gasteiger partial charge < -0.3 is 10.5 Å². The van der Waals surface area contributed by atoms with Crippen LogP contribution in [-0.4, -0.2) is 15.8 Å². The maximum Gasteiger partial charge on any atom is 0.237 e. The predicted molar refractivity (Wildman–Crippen MR) is 73.8 cm³/mol. The van der Waals surface area contributed by atoms with Gasteiger partial charge in [0.1, 0.15) is 17.3 Å². The average molecular weight is 256 g/mol. The maximum atomic E-state index is 7.25. The van der Waals surface area contributed by atoms with Crippen LogP contribution in [0.3, 0.4) is 0 Å². The molecule has 0 bridgehead atoms. The molecule has 0 aliphatic heterocycles. The van der Waals surface area contributed by atoms with Crippen LogP contribution < -0.4 is 10.5 Å². The molecule has 0 spiro atoms. The molecule has 0 radical (unpaired) electrons. The Bertz CT molecular complexity index is 620. The third kappa shape index (κ3) is 2.88. The van der Waals surface area contributed by atoms with Crippen molar-refractivity contribution in [2.45, 2.75) is 20.8 Å². The second-order valence-corrected chi connectivity index (χ2v) is 4.46. The van der Waals surface area contributed by atoms with Crippen molar-refractivity contribution in [1.82, 2.24) is 9.97 Å². The normalized spacial score (nSPS) is 10.3. The van der Waals surface area contributed by atoms with Gasteiger partial charge in [0, 0.05) is 0 Å². The molecule has 0 unspecified atom stereocenters. The number of rotatable bonds is 3. The number of amidine groups is 1. The lowest BCUT2D eigenvalue weighted by Crippen LogP contribution is -2.13. The Kier molecular flexibility index (Phi) is 3.46. The van der Waals surface area contributed by atoms with Gasteiger partial charge in [-0.3, -0.25) is 5.41 Å². The number of nitrogens with two attached hydrogens (primary N) is 1. The molecule has 19 heavy (non-hydrogen) atoms. The molecule has 0 fully saturated rings. The third-order valence-corrected chi connectivity index (χ3v) is 2.88. The Morgan fingerprint density at radius 2 is 1.89 bits per heavy atom. The first-order chi connectivity index (χ1) is 8.97. The van der Waals surface area contributed by atoms with E-state index in [1.54, 1.807) is 0 Å². The van der Waals surface area contributed by atoms with Crippen molar-refractivity contribution >= 4 is 5.84 Å². The van der Waals surface area contributed by atoms with Crippen LogP contribution in [0.25, 0.3) is 0 Å². The molecule has 0 saturated heterocycles. The van der Waals surface area contributed by atoms with Gasteiger partial charge in [-0.25, -0.2) is 9.97 Å². The van der Waals surface area contributed by atoms with E-state index >= 15 is 0 Å². The zero-order valence-corrected chi connectivity index (χ0v) is 11.2. The number of ether oxygens (including phenoxy) is 1. The van der Waals surface area contributed by atoms with E-state index in [0.29, 0.717) is 11.6 Å². The smallest absolute Gasteiger partial charge is 0.237 e. The molecular formula is C14H16N4O. The minimum absolute atomic E-state index is 0.110. The molecule has 1 heterocycles. The number of aryl methyl sites for hydroxylation is 2. The third-order valence-electron chi connectivity index (χ3n) is 2.88. The number of nitrogens with one attached hydrogen (secondary N) is 1. The van der Waals surface area contributed by atoms with E-state index in [4.69, 9.17) is 15.9 Å². The molecule has 98 valence electrons. The van der Waals surface area contributed by atoms with Gasteiger partial charge in [-0.05, 0) is 43.5 Å². The minimum atomic E-state index is -0.110. The number of nitrogen functional groups attached to an aromatic ring is 1. The van der Waals surface area contributed by atoms with Gasteiger partial charge in [-0.15, -0.1) is 0 Å². The summed E-state index contributed by atoms with van der Waals surface area (Å²) in [5.41, 5.74) is 9.03. The molecular weight excluding hydrogens is 240 g/mol. The van der Waals surface area contributed by atoms with Crippen molar-refractivity contribution in [3.05, 3.63) is 46.9 Å². The summed E-state index contributed by atoms with van der Waals surface area (Å²) in [7, 11) is 0. The van der Waals surface area contributed by atoms with Gasteiger partial charge in [0.05, 0.1) is 12.4 Å². The lowest BCUT2D eigenvalue weighted by molar-refractivity contribution is 0.455. The first-order valence-corrected chi connectivity index (χ1v) is 5.89. The number of aromatic nitrogens is 2. The molecule has 2 rings (SSSR count). The maximum absolute atomic E-state index is 7.25. The molecule has 3 N–H and O–H groups in total. The molecule has 0 atom stereocenters. The van der Waals surface area contributed by atoms with E-state index in [1.165, 1.54) is 18.0 Å². The molecule has 0 aliphatic carbocycles. The second-order valence-electron chi connectivity index (χ2n) is 4.46. The summed E-state index contributed by atoms with van der Waals surface area (Å²) in [6.07, 6.45) is 2.89.